The van der Waals surface area contributed by atoms with Crippen LogP contribution in [0.1, 0.15) is 25.3 Å². The molecule has 0 fully saturated rings. The second-order valence-electron chi connectivity index (χ2n) is 7.27. The van der Waals surface area contributed by atoms with Gasteiger partial charge in [0.1, 0.15) is 6.07 Å². The van der Waals surface area contributed by atoms with E-state index in [4.69, 9.17) is 5.73 Å². The molecule has 1 aromatic rings. The summed E-state index contributed by atoms with van der Waals surface area (Å²) < 4.78 is 0. The zero-order valence-corrected chi connectivity index (χ0v) is 15.5. The largest absolute Gasteiger partial charge is 0.399 e. The van der Waals surface area contributed by atoms with Gasteiger partial charge in [-0.05, 0) is 17.6 Å². The molecule has 1 aliphatic carbocycles. The summed E-state index contributed by atoms with van der Waals surface area (Å²) >= 11 is 0. The van der Waals surface area contributed by atoms with Gasteiger partial charge in [0.25, 0.3) is 0 Å². The van der Waals surface area contributed by atoms with E-state index >= 15 is 0 Å². The molecule has 136 valence electrons. The monoisotopic (exact) mass is 357 g/mol. The Morgan fingerprint density at radius 1 is 1.19 bits per heavy atom. The van der Waals surface area contributed by atoms with Crippen LogP contribution in [0.2, 0.25) is 0 Å². The molecule has 0 unspecified atom stereocenters. The molecule has 5 nitrogen and oxygen atoms in total. The van der Waals surface area contributed by atoms with Gasteiger partial charge in [0, 0.05) is 31.5 Å². The Morgan fingerprint density at radius 3 is 2.48 bits per heavy atom. The van der Waals surface area contributed by atoms with E-state index in [1.54, 1.807) is 0 Å². The van der Waals surface area contributed by atoms with Crippen molar-refractivity contribution in [1.29, 1.82) is 15.8 Å². The first-order valence-electron chi connectivity index (χ1n) is 9.30. The second-order valence-corrected chi connectivity index (χ2v) is 7.27. The van der Waals surface area contributed by atoms with Gasteiger partial charge in [0.05, 0.1) is 23.4 Å². The van der Waals surface area contributed by atoms with E-state index in [0.29, 0.717) is 5.57 Å². The maximum absolute atomic E-state index is 9.88. The van der Waals surface area contributed by atoms with Crippen LogP contribution in [0.4, 0.5) is 0 Å². The van der Waals surface area contributed by atoms with E-state index < -0.39 is 5.41 Å². The number of fused-ring (bicyclic) bond motifs is 1. The molecule has 0 bridgehead atoms. The minimum atomic E-state index is -1.43. The molecule has 1 heterocycles. The van der Waals surface area contributed by atoms with Gasteiger partial charge in [0.15, 0.2) is 5.41 Å². The number of hydrogen-bond acceptors (Lipinski definition) is 5. The number of rotatable bonds is 4. The van der Waals surface area contributed by atoms with E-state index in [-0.39, 0.29) is 17.5 Å². The molecule has 2 atom stereocenters. The molecule has 0 saturated carbocycles. The predicted octanol–water partition coefficient (Wildman–Crippen LogP) is 3.24. The standard InChI is InChI=1S/C22H23N5/c1-2-6-20-19-13-27(12-16-7-4-3-5-8-16)10-9-17(19)18(11-23)21(26)22(20,14-24)15-25/h3-5,7-9,19-20H,2,6,10,12-13,26H2,1H3/t19-,20+/m0/s1. The summed E-state index contributed by atoms with van der Waals surface area (Å²) in [6, 6.07) is 16.7. The lowest BCUT2D eigenvalue weighted by Gasteiger charge is -2.45. The van der Waals surface area contributed by atoms with E-state index in [1.165, 1.54) is 5.56 Å². The third-order valence-electron chi connectivity index (χ3n) is 5.76. The highest BCUT2D eigenvalue weighted by atomic mass is 15.1. The molecule has 3 rings (SSSR count). The van der Waals surface area contributed by atoms with Crippen molar-refractivity contribution in [3.8, 4) is 18.2 Å². The van der Waals surface area contributed by atoms with Crippen molar-refractivity contribution in [3.63, 3.8) is 0 Å². The summed E-state index contributed by atoms with van der Waals surface area (Å²) in [7, 11) is 0. The zero-order chi connectivity index (χ0) is 19.4. The summed E-state index contributed by atoms with van der Waals surface area (Å²) in [6.07, 6.45) is 3.64. The van der Waals surface area contributed by atoms with Crippen LogP contribution >= 0.6 is 0 Å². The average Bonchev–Trinajstić information content (AvgIpc) is 2.70. The molecule has 0 amide bonds. The van der Waals surface area contributed by atoms with Gasteiger partial charge in [-0.15, -0.1) is 0 Å². The predicted molar refractivity (Wildman–Crippen MR) is 102 cm³/mol. The summed E-state index contributed by atoms with van der Waals surface area (Å²) in [5.41, 5.74) is 7.40. The van der Waals surface area contributed by atoms with Crippen LogP contribution < -0.4 is 5.73 Å². The third-order valence-corrected chi connectivity index (χ3v) is 5.76. The smallest absolute Gasteiger partial charge is 0.187 e. The topological polar surface area (TPSA) is 101 Å². The second kappa shape index (κ2) is 7.67. The first-order chi connectivity index (χ1) is 13.1. The normalized spacial score (nSPS) is 24.1. The average molecular weight is 357 g/mol. The zero-order valence-electron chi connectivity index (χ0n) is 15.5. The maximum atomic E-state index is 9.88. The number of nitriles is 3. The van der Waals surface area contributed by atoms with Crippen LogP contribution in [0.15, 0.2) is 53.3 Å². The van der Waals surface area contributed by atoms with Crippen LogP contribution in [0, 0.1) is 51.2 Å². The first kappa shape index (κ1) is 18.7. The molecule has 2 N–H and O–H groups in total. The SMILES string of the molecule is CCC[C@@H]1[C@H]2CN(Cc3ccccc3)CC=C2C(C#N)=C(N)C1(C#N)C#N. The molecule has 0 spiro atoms. The highest BCUT2D eigenvalue weighted by molar-refractivity contribution is 5.56. The fraction of sp³-hybridized carbons (Fsp3) is 0.409. The molecular weight excluding hydrogens is 334 g/mol. The lowest BCUT2D eigenvalue weighted by Crippen LogP contribution is -2.49. The van der Waals surface area contributed by atoms with E-state index in [9.17, 15) is 15.8 Å². The van der Waals surface area contributed by atoms with Gasteiger partial charge in [-0.1, -0.05) is 49.8 Å². The van der Waals surface area contributed by atoms with Crippen molar-refractivity contribution < 1.29 is 0 Å². The van der Waals surface area contributed by atoms with Crippen molar-refractivity contribution in [2.24, 2.45) is 23.0 Å². The Bertz CT molecular complexity index is 877. The van der Waals surface area contributed by atoms with Crippen molar-refractivity contribution in [2.45, 2.75) is 26.3 Å². The number of benzene rings is 1. The Morgan fingerprint density at radius 2 is 1.89 bits per heavy atom. The minimum Gasteiger partial charge on any atom is -0.399 e. The van der Waals surface area contributed by atoms with E-state index in [0.717, 1.165) is 38.0 Å². The molecule has 1 aliphatic heterocycles. The third kappa shape index (κ3) is 3.10. The van der Waals surface area contributed by atoms with E-state index in [2.05, 4.69) is 41.3 Å². The molecule has 0 saturated heterocycles. The lowest BCUT2D eigenvalue weighted by atomic mass is 9.59. The van der Waals surface area contributed by atoms with Crippen molar-refractivity contribution in [2.75, 3.05) is 13.1 Å². The molecule has 27 heavy (non-hydrogen) atoms. The summed E-state index contributed by atoms with van der Waals surface area (Å²) in [4.78, 5) is 2.31. The van der Waals surface area contributed by atoms with Crippen molar-refractivity contribution >= 4 is 0 Å². The van der Waals surface area contributed by atoms with E-state index in [1.807, 2.05) is 25.1 Å². The number of hydrogen-bond donors (Lipinski definition) is 1. The molecule has 2 aliphatic rings. The Labute approximate surface area is 160 Å². The van der Waals surface area contributed by atoms with Crippen LogP contribution in [0.25, 0.3) is 0 Å². The summed E-state index contributed by atoms with van der Waals surface area (Å²) in [6.45, 7) is 4.29. The molecule has 1 aromatic carbocycles. The fourth-order valence-corrected chi connectivity index (χ4v) is 4.45. The summed E-state index contributed by atoms with van der Waals surface area (Å²) in [5, 5.41) is 29.4. The van der Waals surface area contributed by atoms with Crippen molar-refractivity contribution in [1.82, 2.24) is 4.90 Å². The molecular formula is C22H23N5. The van der Waals surface area contributed by atoms with Crippen molar-refractivity contribution in [3.05, 3.63) is 58.8 Å². The van der Waals surface area contributed by atoms with Gasteiger partial charge >= 0.3 is 0 Å². The number of nitrogens with two attached hydrogens (primary N) is 1. The first-order valence-corrected chi connectivity index (χ1v) is 9.30. The highest BCUT2D eigenvalue weighted by Gasteiger charge is 2.53. The Balaban J connectivity index is 2.02. The van der Waals surface area contributed by atoms with Gasteiger partial charge < -0.3 is 5.73 Å². The van der Waals surface area contributed by atoms with Crippen LogP contribution in [0.5, 0.6) is 0 Å². The summed E-state index contributed by atoms with van der Waals surface area (Å²) in [5.74, 6) is -0.247. The Hall–Kier alpha value is -3.07. The van der Waals surface area contributed by atoms with Crippen LogP contribution in [-0.4, -0.2) is 18.0 Å². The molecule has 0 aromatic heterocycles. The number of allylic oxidation sites excluding steroid dienone is 2. The van der Waals surface area contributed by atoms with Gasteiger partial charge in [-0.2, -0.15) is 15.8 Å². The van der Waals surface area contributed by atoms with Gasteiger partial charge in [0.2, 0.25) is 0 Å². The van der Waals surface area contributed by atoms with Crippen LogP contribution in [0.3, 0.4) is 0 Å². The fourth-order valence-electron chi connectivity index (χ4n) is 4.45. The molecule has 0 radical (unpaired) electrons. The minimum absolute atomic E-state index is 0.0383. The highest BCUT2D eigenvalue weighted by Crippen LogP contribution is 2.51. The van der Waals surface area contributed by atoms with Gasteiger partial charge in [-0.25, -0.2) is 0 Å². The van der Waals surface area contributed by atoms with Crippen LogP contribution in [-0.2, 0) is 6.54 Å². The number of nitrogens with zero attached hydrogens (tertiary/aromatic N) is 4. The molecule has 5 heteroatoms. The quantitative estimate of drug-likeness (QED) is 0.891. The lowest BCUT2D eigenvalue weighted by molar-refractivity contribution is 0.155. The van der Waals surface area contributed by atoms with Gasteiger partial charge in [-0.3, -0.25) is 4.90 Å². The Kier molecular flexibility index (Phi) is 5.31. The maximum Gasteiger partial charge on any atom is 0.187 e.